The number of aromatic nitrogens is 4. The van der Waals surface area contributed by atoms with Crippen LogP contribution in [0.3, 0.4) is 0 Å². The Morgan fingerprint density at radius 2 is 1.19 bits per heavy atom. The fourth-order valence-electron chi connectivity index (χ4n) is 9.60. The van der Waals surface area contributed by atoms with Gasteiger partial charge < -0.3 is 4.74 Å². The maximum Gasteiger partial charge on any atom is 0.269 e. The molecule has 5 nitrogen and oxygen atoms in total. The average Bonchev–Trinajstić information content (AvgIpc) is 1.36. The van der Waals surface area contributed by atoms with E-state index in [1.807, 2.05) is 92.1 Å². The quantitative estimate of drug-likeness (QED) is 0.107. The van der Waals surface area contributed by atoms with E-state index in [1.54, 1.807) is 33.4 Å². The zero-order valence-electron chi connectivity index (χ0n) is 59.4. The van der Waals surface area contributed by atoms with Crippen molar-refractivity contribution in [2.75, 3.05) is 0 Å². The van der Waals surface area contributed by atoms with Gasteiger partial charge in [-0.2, -0.15) is 0 Å². The van der Waals surface area contributed by atoms with Crippen LogP contribution in [-0.2, 0) is 10.8 Å². The van der Waals surface area contributed by atoms with E-state index in [2.05, 4.69) is 51.4 Å². The summed E-state index contributed by atoms with van der Waals surface area (Å²) in [6.45, 7) is 9.38. The highest BCUT2D eigenvalue weighted by Gasteiger charge is 2.27. The summed E-state index contributed by atoms with van der Waals surface area (Å²) in [5.41, 5.74) is 5.03. The molecule has 0 radical (unpaired) electrons. The van der Waals surface area contributed by atoms with Crippen molar-refractivity contribution in [3.05, 3.63) is 247 Å². The van der Waals surface area contributed by atoms with Crippen molar-refractivity contribution >= 4 is 32.8 Å². The monoisotopic (exact) mass is 977 g/mol. The molecule has 74 heavy (non-hydrogen) atoms. The molecule has 360 valence electrons. The van der Waals surface area contributed by atoms with Crippen molar-refractivity contribution in [1.29, 1.82) is 0 Å². The number of imidazole rings is 1. The van der Waals surface area contributed by atoms with Crippen LogP contribution in [0.1, 0.15) is 82.9 Å². The van der Waals surface area contributed by atoms with Crippen LogP contribution in [0.4, 0.5) is 0 Å². The smallest absolute Gasteiger partial charge is 0.269 e. The third kappa shape index (κ3) is 8.54. The van der Waals surface area contributed by atoms with Gasteiger partial charge in [0.25, 0.3) is 6.33 Å². The Hall–Kier alpha value is -8.80. The summed E-state index contributed by atoms with van der Waals surface area (Å²) in [4.78, 5) is 4.73. The molecule has 12 aromatic rings. The van der Waals surface area contributed by atoms with E-state index in [-0.39, 0.29) is 50.2 Å². The molecule has 0 atom stereocenters. The first-order valence-electron chi connectivity index (χ1n) is 33.1. The van der Waals surface area contributed by atoms with E-state index in [0.717, 1.165) is 27.5 Å². The molecule has 0 aliphatic heterocycles. The minimum Gasteiger partial charge on any atom is -0.458 e. The number of hydrogen-bond acceptors (Lipinski definition) is 2. The number of rotatable bonds is 9. The summed E-state index contributed by atoms with van der Waals surface area (Å²) in [5.74, 6) is 0.933. The molecule has 0 unspecified atom stereocenters. The maximum absolute atomic E-state index is 9.41. The number of pyridine rings is 1. The third-order valence-electron chi connectivity index (χ3n) is 13.3. The van der Waals surface area contributed by atoms with E-state index in [0.29, 0.717) is 50.5 Å². The Labute approximate surface area is 459 Å². The normalized spacial score (nSPS) is 15.6. The van der Waals surface area contributed by atoms with Crippen LogP contribution in [0.25, 0.3) is 94.5 Å². The van der Waals surface area contributed by atoms with Crippen LogP contribution in [0.2, 0.25) is 0 Å². The van der Waals surface area contributed by atoms with Crippen molar-refractivity contribution in [3.8, 4) is 73.2 Å². The Balaban J connectivity index is 1.06. The standard InChI is InChI=1S/C69H58N4O/c1-46-38-66(70-44-60(46)50-24-15-10-16-25-50)73-62-29-18-17-28-57(62)58-36-35-56(43-64(58)73)74-55-27-19-26-54(42-55)71-45-72(63-37-32-51(41-65(63)71)48-30-33-53(34-31-48)68(2,3)4)67-59(49-22-13-9-14-23-49)39-52(40-61(67)69(5,6)7)47-20-11-8-12-21-47/h8-44H,1-7H3/i1D3,8D,9D,10D,11D,12D,13D,14D,15D,16D,20D,21D,22D,23D,24D,25D. The molecule has 0 fully saturated rings. The number of hydrogen-bond donors (Lipinski definition) is 0. The van der Waals surface area contributed by atoms with E-state index in [1.165, 1.54) is 18.3 Å². The fourth-order valence-corrected chi connectivity index (χ4v) is 9.60. The number of ether oxygens (including phenoxy) is 1. The van der Waals surface area contributed by atoms with Gasteiger partial charge in [0.2, 0.25) is 0 Å². The summed E-state index contributed by atoms with van der Waals surface area (Å²) in [6.07, 6.45) is 4.84. The van der Waals surface area contributed by atoms with Crippen LogP contribution in [0.15, 0.2) is 224 Å². The largest absolute Gasteiger partial charge is 0.458 e. The van der Waals surface area contributed by atoms with Crippen molar-refractivity contribution in [2.24, 2.45) is 0 Å². The van der Waals surface area contributed by atoms with Gasteiger partial charge in [-0.1, -0.05) is 199 Å². The lowest BCUT2D eigenvalue weighted by Crippen LogP contribution is -2.34. The van der Waals surface area contributed by atoms with Crippen molar-refractivity contribution < 1.29 is 34.0 Å². The molecule has 5 heteroatoms. The molecule has 3 heterocycles. The molecule has 0 amide bonds. The Kier molecular flexibility index (Phi) is 7.51. The SMILES string of the molecule is [2H]c1c([2H])c([2H])c(-c2cc(-c3c([2H])c([2H])c([2H])c([2H])c3[2H])c(-[n+]3[c-]n(-c4cccc(Oc5ccc6c7ccccc7n(-c7cc(C([2H])([2H])[2H])c(-c8c([2H])c([2H])c([2H])c([2H])c8[2H])cn7)c6c5)c4)c4cc(-c5ccc(C(C)(C)C)cc5)ccc43)c(C(C)(C)C)c2)c([2H])c1[2H]. The molecular weight excluding hydrogens is 901 g/mol. The minimum atomic E-state index is -2.82. The molecule has 0 saturated carbocycles. The van der Waals surface area contributed by atoms with Gasteiger partial charge in [0.1, 0.15) is 17.3 Å². The van der Waals surface area contributed by atoms with Crippen LogP contribution in [-0.4, -0.2) is 14.1 Å². The van der Waals surface area contributed by atoms with Gasteiger partial charge >= 0.3 is 0 Å². The summed E-state index contributed by atoms with van der Waals surface area (Å²) in [5, 5.41) is 1.58. The predicted molar refractivity (Wildman–Crippen MR) is 306 cm³/mol. The van der Waals surface area contributed by atoms with Gasteiger partial charge in [0.05, 0.1) is 54.0 Å². The zero-order chi connectivity index (χ0) is 66.3. The molecular formula is C69H58N4O. The zero-order valence-corrected chi connectivity index (χ0v) is 41.4. The second-order valence-corrected chi connectivity index (χ2v) is 20.2. The topological polar surface area (TPSA) is 35.9 Å². The van der Waals surface area contributed by atoms with Crippen molar-refractivity contribution in [3.63, 3.8) is 0 Å². The Bertz CT molecular complexity index is 5010. The van der Waals surface area contributed by atoms with Crippen LogP contribution < -0.4 is 9.30 Å². The van der Waals surface area contributed by atoms with Crippen LogP contribution >= 0.6 is 0 Å². The van der Waals surface area contributed by atoms with Gasteiger partial charge in [0.15, 0.2) is 0 Å². The van der Waals surface area contributed by atoms with Gasteiger partial charge in [-0.15, -0.1) is 0 Å². The number of benzene rings is 9. The third-order valence-corrected chi connectivity index (χ3v) is 13.3. The van der Waals surface area contributed by atoms with Crippen molar-refractivity contribution in [2.45, 2.75) is 59.2 Å². The van der Waals surface area contributed by atoms with Crippen molar-refractivity contribution in [1.82, 2.24) is 14.1 Å². The second-order valence-electron chi connectivity index (χ2n) is 20.2. The molecule has 0 N–H and O–H groups in total. The first-order chi connectivity index (χ1) is 43.3. The van der Waals surface area contributed by atoms with Gasteiger partial charge in [-0.05, 0) is 128 Å². The molecule has 0 spiro atoms. The molecule has 0 aliphatic rings. The Morgan fingerprint density at radius 1 is 0.527 bits per heavy atom. The number of nitrogens with zero attached hydrogens (tertiary/aromatic N) is 4. The lowest BCUT2D eigenvalue weighted by molar-refractivity contribution is -0.572. The highest BCUT2D eigenvalue weighted by molar-refractivity contribution is 6.09. The molecule has 12 rings (SSSR count). The molecule has 0 saturated heterocycles. The van der Waals surface area contributed by atoms with E-state index < -0.39 is 103 Å². The Morgan fingerprint density at radius 3 is 1.89 bits per heavy atom. The summed E-state index contributed by atoms with van der Waals surface area (Å²) in [6, 6.07) is 30.5. The summed E-state index contributed by atoms with van der Waals surface area (Å²) in [7, 11) is 0. The molecule has 3 aromatic heterocycles. The number of fused-ring (bicyclic) bond motifs is 4. The number of para-hydroxylation sites is 1. The van der Waals surface area contributed by atoms with Gasteiger partial charge in [0, 0.05) is 32.7 Å². The van der Waals surface area contributed by atoms with E-state index >= 15 is 0 Å². The number of aryl methyl sites for hydroxylation is 1. The second kappa shape index (κ2) is 18.4. The van der Waals surface area contributed by atoms with Gasteiger partial charge in [-0.25, -0.2) is 4.98 Å². The lowest BCUT2D eigenvalue weighted by atomic mass is 9.81. The summed E-state index contributed by atoms with van der Waals surface area (Å²) >= 11 is 0. The highest BCUT2D eigenvalue weighted by atomic mass is 16.5. The highest BCUT2D eigenvalue weighted by Crippen LogP contribution is 2.41. The molecule has 9 aromatic carbocycles. The predicted octanol–water partition coefficient (Wildman–Crippen LogP) is 17.6. The minimum absolute atomic E-state index is 0.109. The summed E-state index contributed by atoms with van der Waals surface area (Å²) < 4.78 is 169. The van der Waals surface area contributed by atoms with E-state index in [4.69, 9.17) is 31.7 Å². The molecule has 0 aliphatic carbocycles. The first kappa shape index (κ1) is 30.3. The molecule has 0 bridgehead atoms. The van der Waals surface area contributed by atoms with E-state index in [9.17, 15) is 2.74 Å². The fraction of sp³-hybridized carbons (Fsp3) is 0.130. The van der Waals surface area contributed by atoms with Gasteiger partial charge in [-0.3, -0.25) is 13.7 Å². The first-order valence-corrected chi connectivity index (χ1v) is 24.1. The van der Waals surface area contributed by atoms with Crippen LogP contribution in [0, 0.1) is 13.2 Å². The average molecular weight is 977 g/mol. The van der Waals surface area contributed by atoms with Crippen LogP contribution in [0.5, 0.6) is 11.5 Å². The maximum atomic E-state index is 9.41. The lowest BCUT2D eigenvalue weighted by Gasteiger charge is -2.27.